The fraction of sp³-hybridized carbons (Fsp3) is 0.355. The summed E-state index contributed by atoms with van der Waals surface area (Å²) in [5.41, 5.74) is 4.58. The Labute approximate surface area is 243 Å². The first-order chi connectivity index (χ1) is 20.2. The van der Waals surface area contributed by atoms with Gasteiger partial charge in [0.15, 0.2) is 11.3 Å². The lowest BCUT2D eigenvalue weighted by Gasteiger charge is -2.34. The van der Waals surface area contributed by atoms with Gasteiger partial charge in [-0.05, 0) is 51.8 Å². The van der Waals surface area contributed by atoms with Crippen molar-refractivity contribution in [2.24, 2.45) is 13.0 Å². The minimum absolute atomic E-state index is 0.127. The number of piperidine rings is 1. The number of likely N-dealkylation sites (tertiary alicyclic amines) is 1. The number of rotatable bonds is 5. The third kappa shape index (κ3) is 5.35. The molecular weight excluding hydrogens is 532 g/mol. The Morgan fingerprint density at radius 2 is 1.93 bits per heavy atom. The monoisotopic (exact) mass is 564 g/mol. The zero-order chi connectivity index (χ0) is 29.4. The molecule has 11 heteroatoms. The maximum atomic E-state index is 12.7. The van der Waals surface area contributed by atoms with E-state index in [1.165, 1.54) is 0 Å². The van der Waals surface area contributed by atoms with Crippen molar-refractivity contribution in [3.05, 3.63) is 60.7 Å². The van der Waals surface area contributed by atoms with Gasteiger partial charge in [-0.15, -0.1) is 0 Å². The van der Waals surface area contributed by atoms with Crippen molar-refractivity contribution < 1.29 is 14.3 Å². The van der Waals surface area contributed by atoms with E-state index in [1.807, 2.05) is 56.6 Å². The van der Waals surface area contributed by atoms with Gasteiger partial charge in [0.2, 0.25) is 0 Å². The number of imidazole rings is 1. The largest absolute Gasteiger partial charge is 0.464 e. The third-order valence-electron chi connectivity index (χ3n) is 7.28. The van der Waals surface area contributed by atoms with Crippen LogP contribution in [0.2, 0.25) is 0 Å². The van der Waals surface area contributed by atoms with Gasteiger partial charge in [0.1, 0.15) is 5.60 Å². The lowest BCUT2D eigenvalue weighted by molar-refractivity contribution is 0.0136. The molecular formula is C31H32N8O3. The fourth-order valence-corrected chi connectivity index (χ4v) is 5.30. The van der Waals surface area contributed by atoms with Crippen LogP contribution in [0.4, 0.5) is 4.79 Å². The minimum Gasteiger partial charge on any atom is -0.464 e. The number of pyridine rings is 1. The number of nitriles is 1. The van der Waals surface area contributed by atoms with Crippen LogP contribution in [-0.4, -0.2) is 65.4 Å². The first-order valence-electron chi connectivity index (χ1n) is 14.0. The van der Waals surface area contributed by atoms with E-state index in [0.717, 1.165) is 40.6 Å². The summed E-state index contributed by atoms with van der Waals surface area (Å²) in [6.45, 7) is 7.23. The van der Waals surface area contributed by atoms with Crippen LogP contribution in [0.1, 0.15) is 39.2 Å². The topological polar surface area (TPSA) is 123 Å². The van der Waals surface area contributed by atoms with E-state index in [9.17, 15) is 10.1 Å². The van der Waals surface area contributed by atoms with Crippen molar-refractivity contribution in [3.63, 3.8) is 0 Å². The maximum Gasteiger partial charge on any atom is 0.410 e. The Morgan fingerprint density at radius 1 is 1.12 bits per heavy atom. The smallest absolute Gasteiger partial charge is 0.410 e. The molecule has 0 radical (unpaired) electrons. The Bertz CT molecular complexity index is 1810. The predicted octanol–water partition coefficient (Wildman–Crippen LogP) is 5.24. The molecule has 0 N–H and O–H groups in total. The number of nitrogens with zero attached hydrogens (tertiary/aromatic N) is 8. The highest BCUT2D eigenvalue weighted by atomic mass is 16.6. The molecule has 0 bridgehead atoms. The summed E-state index contributed by atoms with van der Waals surface area (Å²) in [5, 5.41) is 14.6. The minimum atomic E-state index is -0.544. The van der Waals surface area contributed by atoms with E-state index in [1.54, 1.807) is 40.3 Å². The summed E-state index contributed by atoms with van der Waals surface area (Å²) < 4.78 is 15.5. The number of aromatic nitrogens is 6. The van der Waals surface area contributed by atoms with Crippen LogP contribution in [0.3, 0.4) is 0 Å². The summed E-state index contributed by atoms with van der Waals surface area (Å²) >= 11 is 0. The van der Waals surface area contributed by atoms with Gasteiger partial charge >= 0.3 is 12.1 Å². The van der Waals surface area contributed by atoms with Crippen molar-refractivity contribution >= 4 is 22.8 Å². The van der Waals surface area contributed by atoms with Gasteiger partial charge in [-0.3, -0.25) is 9.08 Å². The molecule has 1 aliphatic heterocycles. The second kappa shape index (κ2) is 10.8. The van der Waals surface area contributed by atoms with Gasteiger partial charge in [-0.25, -0.2) is 14.8 Å². The SMILES string of the molecule is Cn1ncc2cc(-c3c(-c4ccc(C#N)cc4)nc(OC[C@@H]4CCCN(C(=O)OC(C)(C)C)C4)n4ccnc34)cnc21. The number of hydrogen-bond donors (Lipinski definition) is 0. The molecule has 1 fully saturated rings. The lowest BCUT2D eigenvalue weighted by Crippen LogP contribution is -2.44. The molecule has 1 atom stereocenters. The number of carbonyl (C=O) groups is 1. The normalized spacial score (nSPS) is 15.6. The van der Waals surface area contributed by atoms with E-state index in [0.29, 0.717) is 42.6 Å². The van der Waals surface area contributed by atoms with E-state index >= 15 is 0 Å². The quantitative estimate of drug-likeness (QED) is 0.284. The third-order valence-corrected chi connectivity index (χ3v) is 7.28. The molecule has 4 aromatic heterocycles. The number of hydrogen-bond acceptors (Lipinski definition) is 8. The van der Waals surface area contributed by atoms with Crippen molar-refractivity contribution in [1.29, 1.82) is 5.26 Å². The molecule has 6 rings (SSSR count). The number of carbonyl (C=O) groups excluding carboxylic acids is 1. The zero-order valence-corrected chi connectivity index (χ0v) is 24.1. The molecule has 1 amide bonds. The van der Waals surface area contributed by atoms with Gasteiger partial charge < -0.3 is 14.4 Å². The summed E-state index contributed by atoms with van der Waals surface area (Å²) in [4.78, 5) is 28.8. The first-order valence-corrected chi connectivity index (χ1v) is 14.0. The Kier molecular flexibility index (Phi) is 6.98. The maximum absolute atomic E-state index is 12.7. The van der Waals surface area contributed by atoms with E-state index < -0.39 is 5.60 Å². The van der Waals surface area contributed by atoms with Gasteiger partial charge in [0, 0.05) is 61.2 Å². The average Bonchev–Trinajstić information content (AvgIpc) is 3.62. The van der Waals surface area contributed by atoms with Crippen molar-refractivity contribution in [2.45, 2.75) is 39.2 Å². The molecule has 11 nitrogen and oxygen atoms in total. The summed E-state index contributed by atoms with van der Waals surface area (Å²) in [6, 6.07) is 11.9. The van der Waals surface area contributed by atoms with Crippen LogP contribution in [-0.2, 0) is 11.8 Å². The van der Waals surface area contributed by atoms with Crippen LogP contribution in [0, 0.1) is 17.2 Å². The Balaban J connectivity index is 1.36. The number of amides is 1. The standard InChI is InChI=1S/C31H32N8O3/c1-31(2,3)42-30(40)38-12-5-6-21(18-38)19-41-29-36-26(22-9-7-20(15-32)8-10-22)25(28-33-11-13-39(28)29)23-14-24-17-35-37(4)27(24)34-16-23/h7-11,13-14,16-17,21H,5-6,12,18-19H2,1-4H3/t21-/m1/s1. The Morgan fingerprint density at radius 3 is 2.69 bits per heavy atom. The van der Waals surface area contributed by atoms with Crippen molar-refractivity contribution in [3.8, 4) is 34.5 Å². The van der Waals surface area contributed by atoms with Gasteiger partial charge in [-0.2, -0.15) is 15.3 Å². The van der Waals surface area contributed by atoms with Crippen LogP contribution >= 0.6 is 0 Å². The summed E-state index contributed by atoms with van der Waals surface area (Å²) in [6.07, 6.45) is 8.64. The van der Waals surface area contributed by atoms with Crippen molar-refractivity contribution in [2.75, 3.05) is 19.7 Å². The number of benzene rings is 1. The van der Waals surface area contributed by atoms with Crippen LogP contribution in [0.25, 0.3) is 39.1 Å². The molecule has 1 aromatic carbocycles. The summed E-state index contributed by atoms with van der Waals surface area (Å²) in [7, 11) is 1.86. The van der Waals surface area contributed by atoms with E-state index in [2.05, 4.69) is 16.2 Å². The number of aryl methyl sites for hydroxylation is 1. The number of fused-ring (bicyclic) bond motifs is 2. The van der Waals surface area contributed by atoms with Crippen LogP contribution in [0.5, 0.6) is 6.01 Å². The molecule has 0 aliphatic carbocycles. The fourth-order valence-electron chi connectivity index (χ4n) is 5.30. The molecule has 5 aromatic rings. The predicted molar refractivity (Wildman–Crippen MR) is 157 cm³/mol. The summed E-state index contributed by atoms with van der Waals surface area (Å²) in [5.74, 6) is 0.127. The molecule has 0 unspecified atom stereocenters. The Hall–Kier alpha value is -4.98. The van der Waals surface area contributed by atoms with E-state index in [4.69, 9.17) is 19.4 Å². The zero-order valence-electron chi connectivity index (χ0n) is 24.1. The van der Waals surface area contributed by atoms with Gasteiger partial charge in [0.25, 0.3) is 0 Å². The second-order valence-corrected chi connectivity index (χ2v) is 11.6. The highest BCUT2D eigenvalue weighted by Gasteiger charge is 2.29. The molecule has 5 heterocycles. The van der Waals surface area contributed by atoms with Crippen molar-refractivity contribution in [1.82, 2.24) is 34.0 Å². The highest BCUT2D eigenvalue weighted by molar-refractivity contribution is 5.93. The first kappa shape index (κ1) is 27.2. The molecule has 1 saturated heterocycles. The van der Waals surface area contributed by atoms with Crippen LogP contribution < -0.4 is 4.74 Å². The molecule has 0 spiro atoms. The lowest BCUT2D eigenvalue weighted by atomic mass is 9.99. The molecule has 42 heavy (non-hydrogen) atoms. The highest BCUT2D eigenvalue weighted by Crippen LogP contribution is 2.37. The number of ether oxygens (including phenoxy) is 2. The second-order valence-electron chi connectivity index (χ2n) is 11.6. The van der Waals surface area contributed by atoms with Crippen LogP contribution in [0.15, 0.2) is 55.1 Å². The average molecular weight is 565 g/mol. The van der Waals surface area contributed by atoms with E-state index in [-0.39, 0.29) is 12.0 Å². The molecule has 214 valence electrons. The molecule has 1 aliphatic rings. The van der Waals surface area contributed by atoms with Gasteiger partial charge in [-0.1, -0.05) is 12.1 Å². The van der Waals surface area contributed by atoms with Gasteiger partial charge in [0.05, 0.1) is 35.7 Å². The molecule has 0 saturated carbocycles.